The maximum Gasteiger partial charge on any atom is 1.00 e. The normalized spacial score (nSPS) is 6.78. The SMILES string of the molecule is Clc1c[c]ccc1.[Cl-].[Hg+]. The van der Waals surface area contributed by atoms with E-state index in [0.717, 1.165) is 5.02 Å². The summed E-state index contributed by atoms with van der Waals surface area (Å²) in [5.74, 6) is 0. The Balaban J connectivity index is 0. The molecule has 0 aliphatic carbocycles. The van der Waals surface area contributed by atoms with Crippen molar-refractivity contribution in [3.8, 4) is 0 Å². The van der Waals surface area contributed by atoms with Crippen molar-refractivity contribution < 1.29 is 40.1 Å². The van der Waals surface area contributed by atoms with Crippen molar-refractivity contribution in [1.82, 2.24) is 0 Å². The van der Waals surface area contributed by atoms with Crippen molar-refractivity contribution >= 4 is 11.6 Å². The Hall–Kier alpha value is 0.735. The monoisotopic (exact) mass is 348 g/mol. The zero-order valence-electron chi connectivity index (χ0n) is 4.77. The summed E-state index contributed by atoms with van der Waals surface area (Å²) >= 11 is 5.51. The fourth-order valence-corrected chi connectivity index (χ4v) is 0.507. The Morgan fingerprint density at radius 1 is 1.44 bits per heavy atom. The molecule has 3 heteroatoms. The van der Waals surface area contributed by atoms with Crippen molar-refractivity contribution in [1.29, 1.82) is 0 Å². The molecule has 0 aromatic heterocycles. The van der Waals surface area contributed by atoms with Crippen molar-refractivity contribution in [3.05, 3.63) is 35.4 Å². The van der Waals surface area contributed by atoms with E-state index in [-0.39, 0.29) is 40.1 Å². The Morgan fingerprint density at radius 3 is 2.33 bits per heavy atom. The minimum absolute atomic E-state index is 0. The van der Waals surface area contributed by atoms with Crippen LogP contribution in [-0.4, -0.2) is 0 Å². The maximum absolute atomic E-state index is 5.51. The molecule has 1 rings (SSSR count). The fraction of sp³-hybridized carbons (Fsp3) is 0. The van der Waals surface area contributed by atoms with Gasteiger partial charge in [0.2, 0.25) is 0 Å². The average Bonchev–Trinajstić information content (AvgIpc) is 1.69. The molecule has 0 atom stereocenters. The summed E-state index contributed by atoms with van der Waals surface area (Å²) in [6.45, 7) is 0. The van der Waals surface area contributed by atoms with E-state index in [4.69, 9.17) is 11.6 Å². The van der Waals surface area contributed by atoms with Crippen LogP contribution in [0.25, 0.3) is 0 Å². The number of halogens is 2. The minimum atomic E-state index is 0. The van der Waals surface area contributed by atoms with E-state index in [1.165, 1.54) is 0 Å². The molecular formula is C6H4Cl2Hg. The van der Waals surface area contributed by atoms with Crippen LogP contribution in [0.3, 0.4) is 0 Å². The van der Waals surface area contributed by atoms with Gasteiger partial charge in [0.1, 0.15) is 0 Å². The Kier molecular flexibility index (Phi) is 9.45. The second-order valence-corrected chi connectivity index (χ2v) is 1.66. The van der Waals surface area contributed by atoms with Crippen LogP contribution >= 0.6 is 11.6 Å². The van der Waals surface area contributed by atoms with Gasteiger partial charge in [-0.1, -0.05) is 23.7 Å². The zero-order chi connectivity index (χ0) is 5.11. The molecule has 44 valence electrons. The van der Waals surface area contributed by atoms with Gasteiger partial charge in [-0.25, -0.2) is 0 Å². The summed E-state index contributed by atoms with van der Waals surface area (Å²) < 4.78 is 0. The van der Waals surface area contributed by atoms with Crippen LogP contribution in [-0.2, 0) is 27.7 Å². The van der Waals surface area contributed by atoms with Gasteiger partial charge in [-0.3, -0.25) is 0 Å². The molecule has 0 amide bonds. The fourth-order valence-electron chi connectivity index (χ4n) is 0.371. The van der Waals surface area contributed by atoms with Gasteiger partial charge >= 0.3 is 27.7 Å². The van der Waals surface area contributed by atoms with Crippen molar-refractivity contribution in [2.45, 2.75) is 0 Å². The molecule has 2 radical (unpaired) electrons. The predicted octanol–water partition coefficient (Wildman–Crippen LogP) is -0.858. The molecule has 0 fully saturated rings. The minimum Gasteiger partial charge on any atom is -1.00 e. The number of hydrogen-bond acceptors (Lipinski definition) is 0. The molecule has 1 aromatic rings. The molecule has 0 saturated heterocycles. The molecule has 0 aliphatic heterocycles. The summed E-state index contributed by atoms with van der Waals surface area (Å²) in [6, 6.07) is 10.0. The van der Waals surface area contributed by atoms with Gasteiger partial charge in [0, 0.05) is 5.02 Å². The molecule has 0 N–H and O–H groups in total. The van der Waals surface area contributed by atoms with Crippen molar-refractivity contribution in [2.24, 2.45) is 0 Å². The molecule has 0 unspecified atom stereocenters. The third-order valence-electron chi connectivity index (χ3n) is 0.669. The van der Waals surface area contributed by atoms with Crippen LogP contribution in [0.4, 0.5) is 0 Å². The van der Waals surface area contributed by atoms with E-state index < -0.39 is 0 Å². The van der Waals surface area contributed by atoms with Gasteiger partial charge in [0.05, 0.1) is 0 Å². The largest absolute Gasteiger partial charge is 1.00 e. The van der Waals surface area contributed by atoms with Crippen molar-refractivity contribution in [2.75, 3.05) is 0 Å². The van der Waals surface area contributed by atoms with Gasteiger partial charge in [-0.05, 0) is 18.2 Å². The van der Waals surface area contributed by atoms with Crippen molar-refractivity contribution in [3.63, 3.8) is 0 Å². The van der Waals surface area contributed by atoms with E-state index >= 15 is 0 Å². The Bertz CT molecular complexity index is 141. The number of rotatable bonds is 0. The molecule has 0 spiro atoms. The van der Waals surface area contributed by atoms with E-state index in [1.54, 1.807) is 6.07 Å². The van der Waals surface area contributed by atoms with Crippen LogP contribution in [0.2, 0.25) is 5.02 Å². The Labute approximate surface area is 86.5 Å². The molecule has 0 heterocycles. The molecule has 0 bridgehead atoms. The molecule has 9 heavy (non-hydrogen) atoms. The first-order chi connectivity index (χ1) is 3.39. The van der Waals surface area contributed by atoms with Gasteiger partial charge < -0.3 is 12.4 Å². The maximum atomic E-state index is 5.51. The second-order valence-electron chi connectivity index (χ2n) is 1.22. The summed E-state index contributed by atoms with van der Waals surface area (Å²) in [7, 11) is 0. The summed E-state index contributed by atoms with van der Waals surface area (Å²) in [4.78, 5) is 0. The number of hydrogen-bond donors (Lipinski definition) is 0. The quantitative estimate of drug-likeness (QED) is 0.536. The van der Waals surface area contributed by atoms with E-state index in [1.807, 2.05) is 18.2 Å². The van der Waals surface area contributed by atoms with Gasteiger partial charge in [0.15, 0.2) is 0 Å². The van der Waals surface area contributed by atoms with Gasteiger partial charge in [-0.15, -0.1) is 0 Å². The molecule has 0 aliphatic rings. The van der Waals surface area contributed by atoms with Gasteiger partial charge in [0.25, 0.3) is 0 Å². The van der Waals surface area contributed by atoms with Crippen LogP contribution in [0, 0.1) is 6.07 Å². The topological polar surface area (TPSA) is 0 Å². The van der Waals surface area contributed by atoms with Crippen LogP contribution in [0.15, 0.2) is 24.3 Å². The van der Waals surface area contributed by atoms with Crippen LogP contribution in [0.5, 0.6) is 0 Å². The summed E-state index contributed by atoms with van der Waals surface area (Å²) in [5, 5.41) is 0.738. The standard InChI is InChI=1S/C6H4Cl.ClH.Hg/c7-6-4-2-1-3-5-6;;/h1-2,4-5H;1H;/q;;+1/p-1. The zero-order valence-corrected chi connectivity index (χ0v) is 11.8. The molecule has 0 nitrogen and oxygen atoms in total. The van der Waals surface area contributed by atoms with Gasteiger partial charge in [-0.2, -0.15) is 0 Å². The van der Waals surface area contributed by atoms with E-state index in [9.17, 15) is 0 Å². The third-order valence-corrected chi connectivity index (χ3v) is 0.904. The smallest absolute Gasteiger partial charge is 1.00 e. The van der Waals surface area contributed by atoms with Crippen LogP contribution < -0.4 is 12.4 Å². The van der Waals surface area contributed by atoms with E-state index in [0.29, 0.717) is 0 Å². The molecule has 0 saturated carbocycles. The predicted molar refractivity (Wildman–Crippen MR) is 30.3 cm³/mol. The summed E-state index contributed by atoms with van der Waals surface area (Å²) in [6.07, 6.45) is 0. The summed E-state index contributed by atoms with van der Waals surface area (Å²) in [5.41, 5.74) is 0. The first-order valence-electron chi connectivity index (χ1n) is 2.01. The number of benzene rings is 1. The average molecular weight is 348 g/mol. The first kappa shape index (κ1) is 12.4. The van der Waals surface area contributed by atoms with Crippen LogP contribution in [0.1, 0.15) is 0 Å². The molecular weight excluding hydrogens is 344 g/mol. The molecule has 1 aromatic carbocycles. The third kappa shape index (κ3) is 5.19. The second kappa shape index (κ2) is 6.85. The first-order valence-corrected chi connectivity index (χ1v) is 2.39. The Morgan fingerprint density at radius 2 is 2.11 bits per heavy atom. The van der Waals surface area contributed by atoms with E-state index in [2.05, 4.69) is 6.07 Å².